The monoisotopic (exact) mass is 277 g/mol. The smallest absolute Gasteiger partial charge is 0.0431 e. The first-order valence-corrected chi connectivity index (χ1v) is 7.75. The SMILES string of the molecule is CCN1CCN(c2ccc(NCCCCO)cc2)CC1. The molecule has 0 aromatic heterocycles. The molecule has 1 aromatic carbocycles. The van der Waals surface area contributed by atoms with Gasteiger partial charge in [-0.3, -0.25) is 0 Å². The van der Waals surface area contributed by atoms with Crippen molar-refractivity contribution in [3.63, 3.8) is 0 Å². The van der Waals surface area contributed by atoms with E-state index >= 15 is 0 Å². The van der Waals surface area contributed by atoms with E-state index in [4.69, 9.17) is 5.11 Å². The van der Waals surface area contributed by atoms with E-state index < -0.39 is 0 Å². The van der Waals surface area contributed by atoms with Crippen molar-refractivity contribution in [2.75, 3.05) is 56.1 Å². The lowest BCUT2D eigenvalue weighted by Crippen LogP contribution is -2.46. The molecule has 1 heterocycles. The molecule has 0 radical (unpaired) electrons. The number of aliphatic hydroxyl groups is 1. The molecule has 1 saturated heterocycles. The number of hydrogen-bond acceptors (Lipinski definition) is 4. The molecule has 2 N–H and O–H groups in total. The van der Waals surface area contributed by atoms with Gasteiger partial charge in [0.05, 0.1) is 0 Å². The molecule has 1 aliphatic rings. The summed E-state index contributed by atoms with van der Waals surface area (Å²) in [6.07, 6.45) is 1.88. The fraction of sp³-hybridized carbons (Fsp3) is 0.625. The van der Waals surface area contributed by atoms with Crippen LogP contribution in [0.3, 0.4) is 0 Å². The molecular formula is C16H27N3O. The zero-order valence-corrected chi connectivity index (χ0v) is 12.5. The minimum Gasteiger partial charge on any atom is -0.396 e. The van der Waals surface area contributed by atoms with Crippen molar-refractivity contribution in [2.45, 2.75) is 19.8 Å². The second kappa shape index (κ2) is 8.12. The minimum atomic E-state index is 0.282. The summed E-state index contributed by atoms with van der Waals surface area (Å²) in [5.74, 6) is 0. The maximum Gasteiger partial charge on any atom is 0.0431 e. The molecule has 20 heavy (non-hydrogen) atoms. The molecule has 1 aliphatic heterocycles. The minimum absolute atomic E-state index is 0.282. The third-order valence-corrected chi connectivity index (χ3v) is 3.97. The molecule has 0 bridgehead atoms. The topological polar surface area (TPSA) is 38.7 Å². The van der Waals surface area contributed by atoms with Crippen molar-refractivity contribution in [1.82, 2.24) is 4.90 Å². The molecule has 0 atom stereocenters. The van der Waals surface area contributed by atoms with Crippen molar-refractivity contribution >= 4 is 11.4 Å². The van der Waals surface area contributed by atoms with Gasteiger partial charge < -0.3 is 20.2 Å². The van der Waals surface area contributed by atoms with Gasteiger partial charge in [-0.1, -0.05) is 6.92 Å². The van der Waals surface area contributed by atoms with Gasteiger partial charge >= 0.3 is 0 Å². The predicted octanol–water partition coefficient (Wildman–Crippen LogP) is 2.01. The summed E-state index contributed by atoms with van der Waals surface area (Å²) in [7, 11) is 0. The van der Waals surface area contributed by atoms with Crippen LogP contribution in [-0.4, -0.2) is 55.9 Å². The highest BCUT2D eigenvalue weighted by Crippen LogP contribution is 2.19. The Kier molecular flexibility index (Phi) is 6.15. The normalized spacial score (nSPS) is 16.4. The molecule has 0 saturated carbocycles. The van der Waals surface area contributed by atoms with Gasteiger partial charge in [0.1, 0.15) is 0 Å². The highest BCUT2D eigenvalue weighted by Gasteiger charge is 2.15. The van der Waals surface area contributed by atoms with Crippen molar-refractivity contribution in [3.8, 4) is 0 Å². The van der Waals surface area contributed by atoms with E-state index in [0.29, 0.717) is 0 Å². The number of hydrogen-bond donors (Lipinski definition) is 2. The van der Waals surface area contributed by atoms with Crippen LogP contribution in [0, 0.1) is 0 Å². The number of benzene rings is 1. The summed E-state index contributed by atoms with van der Waals surface area (Å²) < 4.78 is 0. The zero-order chi connectivity index (χ0) is 14.2. The Hall–Kier alpha value is -1.26. The largest absolute Gasteiger partial charge is 0.396 e. The average Bonchev–Trinajstić information content (AvgIpc) is 2.52. The fourth-order valence-corrected chi connectivity index (χ4v) is 2.58. The van der Waals surface area contributed by atoms with E-state index in [-0.39, 0.29) is 6.61 Å². The maximum absolute atomic E-state index is 8.74. The molecule has 0 aliphatic carbocycles. The molecule has 0 unspecified atom stereocenters. The Bertz CT molecular complexity index is 372. The summed E-state index contributed by atoms with van der Waals surface area (Å²) >= 11 is 0. The first kappa shape index (κ1) is 15.1. The van der Waals surface area contributed by atoms with E-state index in [9.17, 15) is 0 Å². The number of nitrogens with one attached hydrogen (secondary N) is 1. The average molecular weight is 277 g/mol. The van der Waals surface area contributed by atoms with Crippen LogP contribution in [0.25, 0.3) is 0 Å². The van der Waals surface area contributed by atoms with Gasteiger partial charge in [0.25, 0.3) is 0 Å². The fourth-order valence-electron chi connectivity index (χ4n) is 2.58. The highest BCUT2D eigenvalue weighted by atomic mass is 16.2. The van der Waals surface area contributed by atoms with Crippen LogP contribution in [-0.2, 0) is 0 Å². The van der Waals surface area contributed by atoms with Crippen LogP contribution in [0.4, 0.5) is 11.4 Å². The Morgan fingerprint density at radius 2 is 1.75 bits per heavy atom. The number of nitrogens with zero attached hydrogens (tertiary/aromatic N) is 2. The second-order valence-electron chi connectivity index (χ2n) is 5.33. The molecule has 0 amide bonds. The standard InChI is InChI=1S/C16H27N3O/c1-2-18-10-12-19(13-11-18)16-7-5-15(6-8-16)17-9-3-4-14-20/h5-8,17,20H,2-4,9-14H2,1H3. The molecule has 1 fully saturated rings. The van der Waals surface area contributed by atoms with Gasteiger partial charge in [-0.2, -0.15) is 0 Å². The summed E-state index contributed by atoms with van der Waals surface area (Å²) in [6, 6.07) is 8.72. The van der Waals surface area contributed by atoms with E-state index in [1.807, 2.05) is 0 Å². The molecular weight excluding hydrogens is 250 g/mol. The lowest BCUT2D eigenvalue weighted by Gasteiger charge is -2.35. The van der Waals surface area contributed by atoms with Gasteiger partial charge in [-0.15, -0.1) is 0 Å². The predicted molar refractivity (Wildman–Crippen MR) is 85.6 cm³/mol. The van der Waals surface area contributed by atoms with Gasteiger partial charge in [0, 0.05) is 50.7 Å². The number of unbranched alkanes of at least 4 members (excludes halogenated alkanes) is 1. The van der Waals surface area contributed by atoms with Crippen LogP contribution >= 0.6 is 0 Å². The Labute approximate surface area is 122 Å². The van der Waals surface area contributed by atoms with E-state index in [2.05, 4.69) is 46.3 Å². The third kappa shape index (κ3) is 4.39. The quantitative estimate of drug-likeness (QED) is 0.748. The third-order valence-electron chi connectivity index (χ3n) is 3.97. The van der Waals surface area contributed by atoms with Crippen LogP contribution in [0.15, 0.2) is 24.3 Å². The first-order valence-electron chi connectivity index (χ1n) is 7.75. The zero-order valence-electron chi connectivity index (χ0n) is 12.5. The van der Waals surface area contributed by atoms with Gasteiger partial charge in [-0.05, 0) is 43.7 Å². The Balaban J connectivity index is 1.79. The summed E-state index contributed by atoms with van der Waals surface area (Å²) in [6.45, 7) is 9.17. The highest BCUT2D eigenvalue weighted by molar-refractivity contribution is 5.55. The van der Waals surface area contributed by atoms with E-state index in [1.165, 1.54) is 11.4 Å². The number of piperazine rings is 1. The summed E-state index contributed by atoms with van der Waals surface area (Å²) in [5.41, 5.74) is 2.49. The van der Waals surface area contributed by atoms with E-state index in [0.717, 1.165) is 52.1 Å². The van der Waals surface area contributed by atoms with Crippen molar-refractivity contribution in [1.29, 1.82) is 0 Å². The van der Waals surface area contributed by atoms with Crippen LogP contribution in [0.2, 0.25) is 0 Å². The van der Waals surface area contributed by atoms with Crippen molar-refractivity contribution in [2.24, 2.45) is 0 Å². The second-order valence-corrected chi connectivity index (χ2v) is 5.33. The number of anilines is 2. The molecule has 2 rings (SSSR count). The van der Waals surface area contributed by atoms with Crippen molar-refractivity contribution in [3.05, 3.63) is 24.3 Å². The summed E-state index contributed by atoms with van der Waals surface area (Å²) in [4.78, 5) is 4.95. The van der Waals surface area contributed by atoms with Crippen LogP contribution < -0.4 is 10.2 Å². The van der Waals surface area contributed by atoms with E-state index in [1.54, 1.807) is 0 Å². The first-order chi connectivity index (χ1) is 9.83. The van der Waals surface area contributed by atoms with Gasteiger partial charge in [-0.25, -0.2) is 0 Å². The van der Waals surface area contributed by atoms with Crippen LogP contribution in [0.1, 0.15) is 19.8 Å². The molecule has 1 aromatic rings. The lowest BCUT2D eigenvalue weighted by atomic mass is 10.2. The van der Waals surface area contributed by atoms with Crippen molar-refractivity contribution < 1.29 is 5.11 Å². The molecule has 4 nitrogen and oxygen atoms in total. The number of aliphatic hydroxyl groups excluding tert-OH is 1. The Morgan fingerprint density at radius 1 is 1.05 bits per heavy atom. The number of likely N-dealkylation sites (N-methyl/N-ethyl adjacent to an activating group) is 1. The van der Waals surface area contributed by atoms with Crippen LogP contribution in [0.5, 0.6) is 0 Å². The number of rotatable bonds is 7. The molecule has 112 valence electrons. The van der Waals surface area contributed by atoms with Gasteiger partial charge in [0.2, 0.25) is 0 Å². The molecule has 4 heteroatoms. The maximum atomic E-state index is 8.74. The molecule has 0 spiro atoms. The summed E-state index contributed by atoms with van der Waals surface area (Å²) in [5, 5.41) is 12.1. The lowest BCUT2D eigenvalue weighted by molar-refractivity contribution is 0.271. The Morgan fingerprint density at radius 3 is 2.35 bits per heavy atom. The van der Waals surface area contributed by atoms with Gasteiger partial charge in [0.15, 0.2) is 0 Å².